The number of hydrogen-bond acceptors (Lipinski definition) is 3. The fourth-order valence-corrected chi connectivity index (χ4v) is 2.91. The highest BCUT2D eigenvalue weighted by atomic mass is 79.9. The van der Waals surface area contributed by atoms with Gasteiger partial charge in [-0.25, -0.2) is 0 Å². The number of nitrogens with zero attached hydrogens (tertiary/aromatic N) is 1. The quantitative estimate of drug-likeness (QED) is 0.753. The SMILES string of the molecule is CCCN(CC)CCNC(C)c1cc2cc(Br)ccc2o1. The molecule has 1 aromatic heterocycles. The van der Waals surface area contributed by atoms with Gasteiger partial charge in [-0.1, -0.05) is 29.8 Å². The summed E-state index contributed by atoms with van der Waals surface area (Å²) in [6.07, 6.45) is 1.21. The fourth-order valence-electron chi connectivity index (χ4n) is 2.53. The van der Waals surface area contributed by atoms with E-state index in [-0.39, 0.29) is 6.04 Å². The summed E-state index contributed by atoms with van der Waals surface area (Å²) in [4.78, 5) is 2.47. The minimum atomic E-state index is 0.233. The van der Waals surface area contributed by atoms with Crippen LogP contribution in [0.25, 0.3) is 11.0 Å². The fraction of sp³-hybridized carbons (Fsp3) is 0.529. The van der Waals surface area contributed by atoms with Crippen LogP contribution >= 0.6 is 15.9 Å². The van der Waals surface area contributed by atoms with Gasteiger partial charge in [0.15, 0.2) is 0 Å². The number of furan rings is 1. The first kappa shape index (κ1) is 16.5. The van der Waals surface area contributed by atoms with Crippen molar-refractivity contribution in [2.45, 2.75) is 33.2 Å². The van der Waals surface area contributed by atoms with Gasteiger partial charge in [0.1, 0.15) is 11.3 Å². The molecule has 1 atom stereocenters. The van der Waals surface area contributed by atoms with Crippen LogP contribution in [0.2, 0.25) is 0 Å². The average Bonchev–Trinajstić information content (AvgIpc) is 2.89. The van der Waals surface area contributed by atoms with E-state index < -0.39 is 0 Å². The molecule has 4 heteroatoms. The maximum atomic E-state index is 5.92. The lowest BCUT2D eigenvalue weighted by Crippen LogP contribution is -2.33. The van der Waals surface area contributed by atoms with Crippen LogP contribution < -0.4 is 5.32 Å². The summed E-state index contributed by atoms with van der Waals surface area (Å²) < 4.78 is 7.00. The van der Waals surface area contributed by atoms with Crippen LogP contribution in [-0.2, 0) is 0 Å². The van der Waals surface area contributed by atoms with Gasteiger partial charge in [0.05, 0.1) is 6.04 Å². The molecule has 1 heterocycles. The van der Waals surface area contributed by atoms with E-state index in [0.717, 1.165) is 40.8 Å². The second kappa shape index (κ2) is 7.97. The van der Waals surface area contributed by atoms with Gasteiger partial charge in [-0.15, -0.1) is 0 Å². The van der Waals surface area contributed by atoms with E-state index in [9.17, 15) is 0 Å². The van der Waals surface area contributed by atoms with Gasteiger partial charge < -0.3 is 14.6 Å². The highest BCUT2D eigenvalue weighted by molar-refractivity contribution is 9.10. The van der Waals surface area contributed by atoms with Crippen LogP contribution in [0, 0.1) is 0 Å². The molecule has 0 bridgehead atoms. The number of halogens is 1. The molecule has 0 aliphatic carbocycles. The number of nitrogens with one attached hydrogen (secondary N) is 1. The Morgan fingerprint density at radius 3 is 2.76 bits per heavy atom. The summed E-state index contributed by atoms with van der Waals surface area (Å²) in [5.74, 6) is 1.00. The molecule has 0 radical (unpaired) electrons. The highest BCUT2D eigenvalue weighted by Gasteiger charge is 2.11. The zero-order valence-corrected chi connectivity index (χ0v) is 14.7. The molecule has 3 nitrogen and oxygen atoms in total. The Balaban J connectivity index is 1.91. The lowest BCUT2D eigenvalue weighted by Gasteiger charge is -2.20. The maximum absolute atomic E-state index is 5.92. The van der Waals surface area contributed by atoms with Crippen molar-refractivity contribution in [1.82, 2.24) is 10.2 Å². The van der Waals surface area contributed by atoms with Crippen molar-refractivity contribution in [3.63, 3.8) is 0 Å². The van der Waals surface area contributed by atoms with Gasteiger partial charge >= 0.3 is 0 Å². The summed E-state index contributed by atoms with van der Waals surface area (Å²) in [5, 5.41) is 4.70. The highest BCUT2D eigenvalue weighted by Crippen LogP contribution is 2.26. The van der Waals surface area contributed by atoms with Crippen LogP contribution in [0.3, 0.4) is 0 Å². The second-order valence-electron chi connectivity index (χ2n) is 5.44. The number of likely N-dealkylation sites (N-methyl/N-ethyl adjacent to an activating group) is 1. The first-order valence-electron chi connectivity index (χ1n) is 7.78. The van der Waals surface area contributed by atoms with Gasteiger partial charge in [-0.3, -0.25) is 0 Å². The molecule has 0 fully saturated rings. The average molecular weight is 353 g/mol. The first-order chi connectivity index (χ1) is 10.1. The van der Waals surface area contributed by atoms with E-state index in [2.05, 4.69) is 59.1 Å². The number of hydrogen-bond donors (Lipinski definition) is 1. The Morgan fingerprint density at radius 2 is 2.05 bits per heavy atom. The van der Waals surface area contributed by atoms with Gasteiger partial charge in [0.2, 0.25) is 0 Å². The van der Waals surface area contributed by atoms with Crippen LogP contribution in [0.5, 0.6) is 0 Å². The second-order valence-corrected chi connectivity index (χ2v) is 6.36. The topological polar surface area (TPSA) is 28.4 Å². The standard InChI is InChI=1S/C17H25BrN2O/c1-4-9-20(5-2)10-8-19-13(3)17-12-14-11-15(18)6-7-16(14)21-17/h6-7,11-13,19H,4-5,8-10H2,1-3H3. The summed E-state index contributed by atoms with van der Waals surface area (Å²) in [5.41, 5.74) is 0.947. The summed E-state index contributed by atoms with van der Waals surface area (Å²) in [6.45, 7) is 11.0. The van der Waals surface area contributed by atoms with Crippen molar-refractivity contribution in [3.05, 3.63) is 34.5 Å². The first-order valence-corrected chi connectivity index (χ1v) is 8.58. The molecular formula is C17H25BrN2O. The van der Waals surface area contributed by atoms with Crippen LogP contribution in [0.15, 0.2) is 33.2 Å². The normalized spacial score (nSPS) is 13.2. The maximum Gasteiger partial charge on any atom is 0.134 e. The monoisotopic (exact) mass is 352 g/mol. The molecule has 1 aromatic carbocycles. The predicted molar refractivity (Wildman–Crippen MR) is 92.7 cm³/mol. The zero-order valence-electron chi connectivity index (χ0n) is 13.2. The third kappa shape index (κ3) is 4.56. The third-order valence-corrected chi connectivity index (χ3v) is 4.28. The predicted octanol–water partition coefficient (Wildman–Crippen LogP) is 4.58. The molecule has 2 aromatic rings. The summed E-state index contributed by atoms with van der Waals surface area (Å²) in [7, 11) is 0. The van der Waals surface area contributed by atoms with Gasteiger partial charge in [-0.05, 0) is 50.7 Å². The van der Waals surface area contributed by atoms with Crippen LogP contribution in [0.4, 0.5) is 0 Å². The van der Waals surface area contributed by atoms with Crippen molar-refractivity contribution >= 4 is 26.9 Å². The molecule has 0 saturated carbocycles. The van der Waals surface area contributed by atoms with E-state index >= 15 is 0 Å². The number of benzene rings is 1. The van der Waals surface area contributed by atoms with Crippen molar-refractivity contribution in [2.24, 2.45) is 0 Å². The van der Waals surface area contributed by atoms with Gasteiger partial charge in [0.25, 0.3) is 0 Å². The Hall–Kier alpha value is -0.840. The van der Waals surface area contributed by atoms with E-state index in [0.29, 0.717) is 0 Å². The Bertz CT molecular complexity index is 567. The molecule has 0 saturated heterocycles. The molecule has 1 N–H and O–H groups in total. The summed E-state index contributed by atoms with van der Waals surface area (Å²) >= 11 is 3.50. The smallest absolute Gasteiger partial charge is 0.134 e. The van der Waals surface area contributed by atoms with E-state index in [4.69, 9.17) is 4.42 Å². The number of fused-ring (bicyclic) bond motifs is 1. The largest absolute Gasteiger partial charge is 0.459 e. The lowest BCUT2D eigenvalue weighted by atomic mass is 10.2. The van der Waals surface area contributed by atoms with Crippen molar-refractivity contribution < 1.29 is 4.42 Å². The summed E-state index contributed by atoms with van der Waals surface area (Å²) in [6, 6.07) is 8.47. The van der Waals surface area contributed by atoms with Crippen LogP contribution in [0.1, 0.15) is 39.0 Å². The molecule has 116 valence electrons. The van der Waals surface area contributed by atoms with Crippen molar-refractivity contribution in [3.8, 4) is 0 Å². The van der Waals surface area contributed by atoms with E-state index in [1.807, 2.05) is 12.1 Å². The third-order valence-electron chi connectivity index (χ3n) is 3.79. The zero-order chi connectivity index (χ0) is 15.2. The van der Waals surface area contributed by atoms with Crippen molar-refractivity contribution in [1.29, 1.82) is 0 Å². The minimum Gasteiger partial charge on any atom is -0.459 e. The van der Waals surface area contributed by atoms with Crippen LogP contribution in [-0.4, -0.2) is 31.1 Å². The molecular weight excluding hydrogens is 328 g/mol. The van der Waals surface area contributed by atoms with E-state index in [1.165, 1.54) is 13.0 Å². The van der Waals surface area contributed by atoms with Gasteiger partial charge in [0, 0.05) is 22.9 Å². The molecule has 21 heavy (non-hydrogen) atoms. The molecule has 0 aliphatic heterocycles. The number of rotatable bonds is 8. The Labute approximate surface area is 135 Å². The molecule has 2 rings (SSSR count). The Kier molecular flexibility index (Phi) is 6.27. The molecule has 0 aliphatic rings. The molecule has 0 spiro atoms. The minimum absolute atomic E-state index is 0.233. The van der Waals surface area contributed by atoms with Crippen molar-refractivity contribution in [2.75, 3.05) is 26.2 Å². The molecule has 1 unspecified atom stereocenters. The van der Waals surface area contributed by atoms with Gasteiger partial charge in [-0.2, -0.15) is 0 Å². The molecule has 0 amide bonds. The Morgan fingerprint density at radius 1 is 1.24 bits per heavy atom. The lowest BCUT2D eigenvalue weighted by molar-refractivity contribution is 0.281. The van der Waals surface area contributed by atoms with E-state index in [1.54, 1.807) is 0 Å².